The summed E-state index contributed by atoms with van der Waals surface area (Å²) < 4.78 is 7.12. The molecule has 0 spiro atoms. The predicted molar refractivity (Wildman–Crippen MR) is 132 cm³/mol. The number of hydrogen-bond donors (Lipinski definition) is 2. The predicted octanol–water partition coefficient (Wildman–Crippen LogP) is 4.22. The fourth-order valence-corrected chi connectivity index (χ4v) is 4.05. The molecular weight excluding hydrogens is 426 g/mol. The van der Waals surface area contributed by atoms with Gasteiger partial charge in [0.1, 0.15) is 18.1 Å². The molecule has 0 aromatic heterocycles. The Labute approximate surface area is 197 Å². The van der Waals surface area contributed by atoms with Gasteiger partial charge in [0, 0.05) is 19.0 Å². The van der Waals surface area contributed by atoms with E-state index in [1.54, 1.807) is 4.57 Å². The van der Waals surface area contributed by atoms with Gasteiger partial charge in [0.2, 0.25) is 0 Å². The van der Waals surface area contributed by atoms with Crippen LogP contribution in [0.3, 0.4) is 0 Å². The summed E-state index contributed by atoms with van der Waals surface area (Å²) in [4.78, 5) is 21.6. The Hall–Kier alpha value is -4.16. The summed E-state index contributed by atoms with van der Waals surface area (Å²) in [5.74, 6) is 1.33. The van der Waals surface area contributed by atoms with Gasteiger partial charge in [0.05, 0.1) is 18.0 Å². The molecule has 3 aromatic rings. The number of aliphatic hydroxyl groups excluding tert-OH is 1. The first-order valence-electron chi connectivity index (χ1n) is 11.3. The monoisotopic (exact) mass is 451 g/mol. The Morgan fingerprint density at radius 3 is 2.15 bits per heavy atom. The van der Waals surface area contributed by atoms with Crippen molar-refractivity contribution < 1.29 is 9.84 Å². The molecule has 6 nitrogen and oxygen atoms in total. The molecule has 0 bridgehead atoms. The summed E-state index contributed by atoms with van der Waals surface area (Å²) in [7, 11) is 0. The Morgan fingerprint density at radius 1 is 0.853 bits per heavy atom. The molecular formula is C28H25N3O3. The van der Waals surface area contributed by atoms with Crippen molar-refractivity contribution in [3.05, 3.63) is 124 Å². The van der Waals surface area contributed by atoms with Gasteiger partial charge < -0.3 is 14.8 Å². The Kier molecular flexibility index (Phi) is 6.23. The van der Waals surface area contributed by atoms with Crippen molar-refractivity contribution in [3.8, 4) is 22.8 Å². The lowest BCUT2D eigenvalue weighted by molar-refractivity contribution is 0.201. The number of nitrogens with zero attached hydrogens (tertiary/aromatic N) is 2. The van der Waals surface area contributed by atoms with Gasteiger partial charge in [0.25, 0.3) is 5.56 Å². The second kappa shape index (κ2) is 9.77. The van der Waals surface area contributed by atoms with Crippen molar-refractivity contribution in [1.29, 1.82) is 0 Å². The maximum atomic E-state index is 13.3. The molecule has 0 unspecified atom stereocenters. The van der Waals surface area contributed by atoms with Crippen molar-refractivity contribution in [1.82, 2.24) is 14.5 Å². The lowest BCUT2D eigenvalue weighted by atomic mass is 10.1. The Bertz CT molecular complexity index is 1390. The van der Waals surface area contributed by atoms with E-state index in [2.05, 4.69) is 17.1 Å². The lowest BCUT2D eigenvalue weighted by Crippen LogP contribution is -2.17. The van der Waals surface area contributed by atoms with Gasteiger partial charge >= 0.3 is 0 Å². The molecule has 2 heterocycles. The zero-order valence-corrected chi connectivity index (χ0v) is 18.6. The number of nitrogens with one attached hydrogen (secondary N) is 1. The molecule has 2 N–H and O–H groups in total. The average molecular weight is 452 g/mol. The van der Waals surface area contributed by atoms with Crippen molar-refractivity contribution in [2.45, 2.75) is 12.8 Å². The third kappa shape index (κ3) is 4.63. The van der Waals surface area contributed by atoms with Crippen LogP contribution >= 0.6 is 0 Å². The van der Waals surface area contributed by atoms with E-state index in [-0.39, 0.29) is 18.8 Å². The second-order valence-electron chi connectivity index (χ2n) is 8.12. The van der Waals surface area contributed by atoms with Crippen LogP contribution < -0.4 is 10.3 Å². The molecule has 2 aliphatic heterocycles. The number of rotatable bonds is 8. The first-order chi connectivity index (χ1) is 16.7. The minimum atomic E-state index is -0.105. The smallest absolute Gasteiger partial charge is 0.278 e. The first kappa shape index (κ1) is 21.7. The zero-order chi connectivity index (χ0) is 23.3. The van der Waals surface area contributed by atoms with Gasteiger partial charge in [-0.05, 0) is 41.0 Å². The van der Waals surface area contributed by atoms with Crippen LogP contribution in [0.1, 0.15) is 22.5 Å². The van der Waals surface area contributed by atoms with Crippen molar-refractivity contribution in [3.63, 3.8) is 0 Å². The third-order valence-corrected chi connectivity index (χ3v) is 5.71. The van der Waals surface area contributed by atoms with Crippen LogP contribution in [-0.4, -0.2) is 32.9 Å². The van der Waals surface area contributed by atoms with E-state index in [4.69, 9.17) is 14.8 Å². The van der Waals surface area contributed by atoms with E-state index in [0.29, 0.717) is 30.1 Å². The summed E-state index contributed by atoms with van der Waals surface area (Å²) in [5, 5.41) is 8.97. The van der Waals surface area contributed by atoms with Crippen molar-refractivity contribution in [2.24, 2.45) is 0 Å². The molecule has 0 fully saturated rings. The second-order valence-corrected chi connectivity index (χ2v) is 8.12. The topological polar surface area (TPSA) is 80.1 Å². The van der Waals surface area contributed by atoms with E-state index >= 15 is 0 Å². The number of benzene rings is 3. The molecule has 0 aliphatic carbocycles. The maximum Gasteiger partial charge on any atom is 0.278 e. The highest BCUT2D eigenvalue weighted by atomic mass is 16.5. The molecule has 34 heavy (non-hydrogen) atoms. The molecule has 2 aliphatic rings. The zero-order valence-electron chi connectivity index (χ0n) is 18.6. The van der Waals surface area contributed by atoms with Crippen LogP contribution in [0.2, 0.25) is 0 Å². The Balaban J connectivity index is 1.58. The summed E-state index contributed by atoms with van der Waals surface area (Å²) in [6.45, 7) is 0.213. The van der Waals surface area contributed by atoms with Crippen LogP contribution in [-0.2, 0) is 12.8 Å². The molecule has 170 valence electrons. The normalized spacial score (nSPS) is 11.1. The lowest BCUT2D eigenvalue weighted by Gasteiger charge is -2.14. The maximum absolute atomic E-state index is 13.3. The number of aliphatic hydroxyl groups is 1. The van der Waals surface area contributed by atoms with Gasteiger partial charge in [-0.1, -0.05) is 60.7 Å². The average Bonchev–Trinajstić information content (AvgIpc) is 3.19. The van der Waals surface area contributed by atoms with E-state index in [1.165, 1.54) is 0 Å². The van der Waals surface area contributed by atoms with E-state index in [1.807, 2.05) is 79.0 Å². The standard InChI is InChI=1S/C28H25N3O3/c32-15-16-34-23-13-11-22(12-14-23)26-19-31-27(24(29-26)17-20-7-3-1-4-8-20)30-25(28(31)33)18-21-9-5-2-6-10-21/h1-14,19,29,32H,15-18H2. The van der Waals surface area contributed by atoms with Crippen LogP contribution in [0.4, 0.5) is 0 Å². The van der Waals surface area contributed by atoms with Gasteiger partial charge in [-0.25, -0.2) is 4.98 Å². The van der Waals surface area contributed by atoms with Gasteiger partial charge in [0.15, 0.2) is 5.82 Å². The van der Waals surface area contributed by atoms with E-state index in [9.17, 15) is 4.79 Å². The first-order valence-corrected chi connectivity index (χ1v) is 11.3. The quantitative estimate of drug-likeness (QED) is 0.370. The van der Waals surface area contributed by atoms with Crippen LogP contribution in [0.25, 0.3) is 17.1 Å². The highest BCUT2D eigenvalue weighted by Crippen LogP contribution is 2.25. The summed E-state index contributed by atoms with van der Waals surface area (Å²) >= 11 is 0. The Morgan fingerprint density at radius 2 is 1.50 bits per heavy atom. The fraction of sp³-hybridized carbons (Fsp3) is 0.143. The molecule has 3 aromatic carbocycles. The number of hydrogen-bond acceptors (Lipinski definition) is 4. The van der Waals surface area contributed by atoms with Gasteiger partial charge in [-0.2, -0.15) is 0 Å². The number of imidazole rings is 1. The summed E-state index contributed by atoms with van der Waals surface area (Å²) in [5.41, 5.74) is 5.21. The largest absolute Gasteiger partial charge is 0.491 e. The SMILES string of the molecule is O=c1c(Cc2ccccc2)nc2c(Cc3ccccc3)[nH]c(-c3ccc(OCCO)cc3)cn1-2. The molecule has 0 atom stereocenters. The summed E-state index contributed by atoms with van der Waals surface area (Å²) in [6.07, 6.45) is 2.92. The van der Waals surface area contributed by atoms with Crippen LogP contribution in [0.5, 0.6) is 5.75 Å². The van der Waals surface area contributed by atoms with Crippen molar-refractivity contribution >= 4 is 0 Å². The molecule has 5 rings (SSSR count). The van der Waals surface area contributed by atoms with E-state index in [0.717, 1.165) is 28.1 Å². The highest BCUT2D eigenvalue weighted by molar-refractivity contribution is 5.61. The van der Waals surface area contributed by atoms with Gasteiger partial charge in [-0.3, -0.25) is 9.36 Å². The van der Waals surface area contributed by atoms with Crippen molar-refractivity contribution in [2.75, 3.05) is 13.2 Å². The van der Waals surface area contributed by atoms with Crippen LogP contribution in [0, 0.1) is 0 Å². The van der Waals surface area contributed by atoms with Gasteiger partial charge in [-0.15, -0.1) is 0 Å². The minimum Gasteiger partial charge on any atom is -0.491 e. The fourth-order valence-electron chi connectivity index (χ4n) is 4.05. The number of ether oxygens (including phenoxy) is 1. The highest BCUT2D eigenvalue weighted by Gasteiger charge is 2.20. The third-order valence-electron chi connectivity index (χ3n) is 5.71. The van der Waals surface area contributed by atoms with Crippen LogP contribution in [0.15, 0.2) is 95.9 Å². The molecule has 0 saturated heterocycles. The summed E-state index contributed by atoms with van der Waals surface area (Å²) in [6, 6.07) is 27.6. The molecule has 6 heteroatoms. The number of H-pyrrole nitrogens is 1. The molecule has 0 amide bonds. The number of aromatic nitrogens is 3. The number of fused-ring (bicyclic) bond motifs is 1. The van der Waals surface area contributed by atoms with E-state index < -0.39 is 0 Å². The molecule has 0 saturated carbocycles. The number of aromatic amines is 1. The minimum absolute atomic E-state index is 0.0345. The molecule has 0 radical (unpaired) electrons.